The predicted octanol–water partition coefficient (Wildman–Crippen LogP) is 3.52. The quantitative estimate of drug-likeness (QED) is 0.784. The van der Waals surface area contributed by atoms with E-state index in [1.54, 1.807) is 12.1 Å². The number of halogens is 1. The number of nitrogens with two attached hydrogens (primary N) is 1. The third-order valence-electron chi connectivity index (χ3n) is 2.87. The summed E-state index contributed by atoms with van der Waals surface area (Å²) in [4.78, 5) is 0. The average Bonchev–Trinajstić information content (AvgIpc) is 2.17. The second-order valence-electron chi connectivity index (χ2n) is 4.72. The van der Waals surface area contributed by atoms with Gasteiger partial charge in [0.15, 0.2) is 0 Å². The van der Waals surface area contributed by atoms with E-state index in [0.29, 0.717) is 5.92 Å². The Kier molecular flexibility index (Phi) is 5.47. The zero-order valence-electron chi connectivity index (χ0n) is 10.2. The molecule has 1 aromatic rings. The molecule has 0 aliphatic rings. The molecule has 2 unspecified atom stereocenters. The van der Waals surface area contributed by atoms with Crippen LogP contribution in [0.5, 0.6) is 0 Å². The largest absolute Gasteiger partial charge is 0.327 e. The molecule has 1 nitrogen and oxygen atoms in total. The van der Waals surface area contributed by atoms with Gasteiger partial charge in [0, 0.05) is 6.04 Å². The van der Waals surface area contributed by atoms with Crippen molar-refractivity contribution in [2.24, 2.45) is 11.7 Å². The standard InChI is InChI=1S/C14H22FN/c1-3-5-11(2)8-14(16)10-12-6-4-7-13(15)9-12/h4,6-7,9,11,14H,3,5,8,10,16H2,1-2H3. The van der Waals surface area contributed by atoms with Crippen molar-refractivity contribution in [2.45, 2.75) is 45.6 Å². The first-order valence-electron chi connectivity index (χ1n) is 6.11. The third kappa shape index (κ3) is 4.75. The Hall–Kier alpha value is -0.890. The van der Waals surface area contributed by atoms with Crippen LogP contribution < -0.4 is 5.73 Å². The fraction of sp³-hybridized carbons (Fsp3) is 0.571. The molecule has 0 amide bonds. The van der Waals surface area contributed by atoms with Crippen molar-refractivity contribution in [1.29, 1.82) is 0 Å². The summed E-state index contributed by atoms with van der Waals surface area (Å²) in [5, 5.41) is 0. The Morgan fingerprint density at radius 3 is 2.75 bits per heavy atom. The van der Waals surface area contributed by atoms with E-state index in [1.807, 2.05) is 6.07 Å². The maximum Gasteiger partial charge on any atom is 0.123 e. The lowest BCUT2D eigenvalue weighted by molar-refractivity contribution is 0.431. The van der Waals surface area contributed by atoms with Gasteiger partial charge in [-0.1, -0.05) is 38.8 Å². The third-order valence-corrected chi connectivity index (χ3v) is 2.87. The molecular weight excluding hydrogens is 201 g/mol. The van der Waals surface area contributed by atoms with E-state index in [-0.39, 0.29) is 11.9 Å². The van der Waals surface area contributed by atoms with Crippen molar-refractivity contribution in [3.05, 3.63) is 35.6 Å². The summed E-state index contributed by atoms with van der Waals surface area (Å²) in [7, 11) is 0. The normalized spacial score (nSPS) is 14.8. The van der Waals surface area contributed by atoms with Crippen LogP contribution >= 0.6 is 0 Å². The highest BCUT2D eigenvalue weighted by atomic mass is 19.1. The van der Waals surface area contributed by atoms with Crippen molar-refractivity contribution in [3.8, 4) is 0 Å². The summed E-state index contributed by atoms with van der Waals surface area (Å²) < 4.78 is 13.0. The molecule has 0 radical (unpaired) electrons. The first-order chi connectivity index (χ1) is 7.61. The molecule has 2 atom stereocenters. The molecule has 0 saturated carbocycles. The molecule has 0 heterocycles. The minimum Gasteiger partial charge on any atom is -0.327 e. The van der Waals surface area contributed by atoms with Gasteiger partial charge >= 0.3 is 0 Å². The Morgan fingerprint density at radius 2 is 2.12 bits per heavy atom. The molecule has 2 N–H and O–H groups in total. The van der Waals surface area contributed by atoms with E-state index in [1.165, 1.54) is 18.9 Å². The summed E-state index contributed by atoms with van der Waals surface area (Å²) in [6.07, 6.45) is 4.21. The number of hydrogen-bond donors (Lipinski definition) is 1. The highest BCUT2D eigenvalue weighted by Crippen LogP contribution is 2.14. The Labute approximate surface area is 97.9 Å². The van der Waals surface area contributed by atoms with Gasteiger partial charge in [-0.2, -0.15) is 0 Å². The van der Waals surface area contributed by atoms with Gasteiger partial charge in [0.1, 0.15) is 5.82 Å². The number of benzene rings is 1. The van der Waals surface area contributed by atoms with Crippen LogP contribution in [0.25, 0.3) is 0 Å². The maximum atomic E-state index is 13.0. The summed E-state index contributed by atoms with van der Waals surface area (Å²) in [6.45, 7) is 4.42. The fourth-order valence-electron chi connectivity index (χ4n) is 2.18. The van der Waals surface area contributed by atoms with Gasteiger partial charge in [-0.3, -0.25) is 0 Å². The second kappa shape index (κ2) is 6.64. The van der Waals surface area contributed by atoms with E-state index in [0.717, 1.165) is 18.4 Å². The molecule has 0 aromatic heterocycles. The second-order valence-corrected chi connectivity index (χ2v) is 4.72. The minimum atomic E-state index is -0.175. The van der Waals surface area contributed by atoms with Crippen molar-refractivity contribution in [1.82, 2.24) is 0 Å². The zero-order valence-corrected chi connectivity index (χ0v) is 10.2. The highest BCUT2D eigenvalue weighted by Gasteiger charge is 2.09. The van der Waals surface area contributed by atoms with Crippen LogP contribution in [0.2, 0.25) is 0 Å². The molecule has 0 saturated heterocycles. The molecule has 0 bridgehead atoms. The van der Waals surface area contributed by atoms with Crippen LogP contribution in [-0.4, -0.2) is 6.04 Å². The van der Waals surface area contributed by atoms with E-state index in [4.69, 9.17) is 5.73 Å². The summed E-state index contributed by atoms with van der Waals surface area (Å²) in [6, 6.07) is 6.86. The molecule has 16 heavy (non-hydrogen) atoms. The van der Waals surface area contributed by atoms with Gasteiger partial charge in [0.25, 0.3) is 0 Å². The summed E-state index contributed by atoms with van der Waals surface area (Å²) in [5.74, 6) is 0.486. The lowest BCUT2D eigenvalue weighted by atomic mass is 9.94. The lowest BCUT2D eigenvalue weighted by Gasteiger charge is -2.16. The molecule has 0 aliphatic heterocycles. The van der Waals surface area contributed by atoms with E-state index in [2.05, 4.69) is 13.8 Å². The van der Waals surface area contributed by atoms with Crippen LogP contribution in [0, 0.1) is 11.7 Å². The topological polar surface area (TPSA) is 26.0 Å². The summed E-state index contributed by atoms with van der Waals surface area (Å²) in [5.41, 5.74) is 7.06. The van der Waals surface area contributed by atoms with Gasteiger partial charge < -0.3 is 5.73 Å². The van der Waals surface area contributed by atoms with Crippen LogP contribution in [-0.2, 0) is 6.42 Å². The lowest BCUT2D eigenvalue weighted by Crippen LogP contribution is -2.25. The van der Waals surface area contributed by atoms with Crippen LogP contribution in [0.4, 0.5) is 4.39 Å². The first-order valence-corrected chi connectivity index (χ1v) is 6.11. The van der Waals surface area contributed by atoms with Crippen molar-refractivity contribution >= 4 is 0 Å². The van der Waals surface area contributed by atoms with Crippen molar-refractivity contribution in [2.75, 3.05) is 0 Å². The predicted molar refractivity (Wildman–Crippen MR) is 66.8 cm³/mol. The van der Waals surface area contributed by atoms with Gasteiger partial charge in [0.05, 0.1) is 0 Å². The molecule has 1 rings (SSSR count). The van der Waals surface area contributed by atoms with Crippen LogP contribution in [0.15, 0.2) is 24.3 Å². The molecule has 0 aliphatic carbocycles. The Bertz CT molecular complexity index is 311. The number of hydrogen-bond acceptors (Lipinski definition) is 1. The van der Waals surface area contributed by atoms with Gasteiger partial charge in [-0.05, 0) is 36.5 Å². The molecule has 0 fully saturated rings. The average molecular weight is 223 g/mol. The number of rotatable bonds is 6. The highest BCUT2D eigenvalue weighted by molar-refractivity contribution is 5.17. The van der Waals surface area contributed by atoms with Gasteiger partial charge in [-0.25, -0.2) is 4.39 Å². The van der Waals surface area contributed by atoms with Crippen molar-refractivity contribution in [3.63, 3.8) is 0 Å². The molecule has 0 spiro atoms. The van der Waals surface area contributed by atoms with Gasteiger partial charge in [0.2, 0.25) is 0 Å². The fourth-order valence-corrected chi connectivity index (χ4v) is 2.18. The maximum absolute atomic E-state index is 13.0. The Balaban J connectivity index is 2.42. The summed E-state index contributed by atoms with van der Waals surface area (Å²) >= 11 is 0. The van der Waals surface area contributed by atoms with Crippen molar-refractivity contribution < 1.29 is 4.39 Å². The Morgan fingerprint density at radius 1 is 1.38 bits per heavy atom. The van der Waals surface area contributed by atoms with E-state index < -0.39 is 0 Å². The van der Waals surface area contributed by atoms with Gasteiger partial charge in [-0.15, -0.1) is 0 Å². The van der Waals surface area contributed by atoms with E-state index >= 15 is 0 Å². The SMILES string of the molecule is CCCC(C)CC(N)Cc1cccc(F)c1. The first kappa shape index (κ1) is 13.2. The minimum absolute atomic E-state index is 0.142. The molecule has 1 aromatic carbocycles. The molecule has 2 heteroatoms. The molecular formula is C14H22FN. The van der Waals surface area contributed by atoms with E-state index in [9.17, 15) is 4.39 Å². The smallest absolute Gasteiger partial charge is 0.123 e. The monoisotopic (exact) mass is 223 g/mol. The molecule has 90 valence electrons. The van der Waals surface area contributed by atoms with Crippen LogP contribution in [0.1, 0.15) is 38.7 Å². The van der Waals surface area contributed by atoms with Crippen LogP contribution in [0.3, 0.4) is 0 Å². The zero-order chi connectivity index (χ0) is 12.0.